The molecule has 4 N–H and O–H groups in total. The standard InChI is InChI=1S/C28H34N10O2/c1-21(38(4)25(39)10-8-18-37(2)3)27(40)31-16-7-5-6-9-23-20-32-28(35-26(23)36-33-17-15-29)34-24-13-11-22(19-30)12-14-24/h8,10-15,17,20-21,29H,5,7,16,18H2,1-4H3,(H,31,40)(H2,32,34,35,36). The first-order valence-electron chi connectivity index (χ1n) is 12.5. The topological polar surface area (TPSA) is 162 Å². The molecule has 0 saturated carbocycles. The Morgan fingerprint density at radius 1 is 1.23 bits per heavy atom. The Hall–Kier alpha value is -5.07. The van der Waals surface area contributed by atoms with Crippen LogP contribution < -0.4 is 16.1 Å². The molecule has 12 nitrogen and oxygen atoms in total. The summed E-state index contributed by atoms with van der Waals surface area (Å²) in [5.41, 5.74) is 4.52. The quantitative estimate of drug-likeness (QED) is 0.0985. The number of amides is 2. The fourth-order valence-corrected chi connectivity index (χ4v) is 3.05. The molecule has 12 heteroatoms. The number of likely N-dealkylation sites (N-methyl/N-ethyl adjacent to an activating group) is 2. The van der Waals surface area contributed by atoms with Crippen molar-refractivity contribution in [1.82, 2.24) is 25.1 Å². The van der Waals surface area contributed by atoms with Crippen LogP contribution in [0.1, 0.15) is 30.9 Å². The number of hydrazone groups is 1. The molecule has 1 atom stereocenters. The molecule has 0 fully saturated rings. The Kier molecular flexibility index (Phi) is 13.0. The van der Waals surface area contributed by atoms with Crippen LogP contribution in [0.2, 0.25) is 0 Å². The van der Waals surface area contributed by atoms with Crippen molar-refractivity contribution in [3.05, 3.63) is 53.7 Å². The lowest BCUT2D eigenvalue weighted by molar-refractivity contribution is -0.135. The molecule has 0 radical (unpaired) electrons. The SMILES string of the molecule is CC(C(=O)NCCCC#Cc1cnc(Nc2ccc(C#N)cc2)nc1NN=CC=N)N(C)C(=O)C=CCN(C)C. The second-order valence-electron chi connectivity index (χ2n) is 8.81. The van der Waals surface area contributed by atoms with Gasteiger partial charge >= 0.3 is 0 Å². The lowest BCUT2D eigenvalue weighted by Crippen LogP contribution is -2.45. The maximum atomic E-state index is 12.4. The molecule has 2 aromatic rings. The number of carbonyl (C=O) groups excluding carboxylic acids is 2. The van der Waals surface area contributed by atoms with Crippen molar-refractivity contribution < 1.29 is 9.59 Å². The van der Waals surface area contributed by atoms with Gasteiger partial charge in [-0.2, -0.15) is 15.3 Å². The van der Waals surface area contributed by atoms with E-state index in [1.54, 1.807) is 50.5 Å². The van der Waals surface area contributed by atoms with Crippen molar-refractivity contribution in [2.45, 2.75) is 25.8 Å². The van der Waals surface area contributed by atoms with E-state index < -0.39 is 6.04 Å². The number of unbranched alkanes of at least 4 members (excludes halogenated alkanes) is 1. The van der Waals surface area contributed by atoms with Gasteiger partial charge in [0.05, 0.1) is 29.6 Å². The molecule has 1 aromatic carbocycles. The molecule has 0 saturated heterocycles. The number of aromatic nitrogens is 2. The number of anilines is 3. The van der Waals surface area contributed by atoms with Crippen LogP contribution in [0.25, 0.3) is 0 Å². The molecular formula is C28H34N10O2. The zero-order valence-corrected chi connectivity index (χ0v) is 23.1. The summed E-state index contributed by atoms with van der Waals surface area (Å²) in [6.07, 6.45) is 8.19. The Balaban J connectivity index is 1.92. The molecule has 1 aromatic heterocycles. The van der Waals surface area contributed by atoms with E-state index in [0.29, 0.717) is 54.5 Å². The molecule has 0 aliphatic carbocycles. The summed E-state index contributed by atoms with van der Waals surface area (Å²) in [4.78, 5) is 36.7. The predicted molar refractivity (Wildman–Crippen MR) is 156 cm³/mol. The molecule has 208 valence electrons. The fourth-order valence-electron chi connectivity index (χ4n) is 3.05. The maximum Gasteiger partial charge on any atom is 0.246 e. The van der Waals surface area contributed by atoms with Crippen molar-refractivity contribution >= 4 is 41.7 Å². The molecule has 1 unspecified atom stereocenters. The second-order valence-corrected chi connectivity index (χ2v) is 8.81. The van der Waals surface area contributed by atoms with Gasteiger partial charge in [0.25, 0.3) is 0 Å². The summed E-state index contributed by atoms with van der Waals surface area (Å²) >= 11 is 0. The minimum absolute atomic E-state index is 0.231. The normalized spacial score (nSPS) is 11.4. The van der Waals surface area contributed by atoms with Crippen LogP contribution in [0, 0.1) is 28.6 Å². The van der Waals surface area contributed by atoms with Crippen LogP contribution in [0.5, 0.6) is 0 Å². The monoisotopic (exact) mass is 542 g/mol. The highest BCUT2D eigenvalue weighted by atomic mass is 16.2. The minimum Gasteiger partial charge on any atom is -0.354 e. The summed E-state index contributed by atoms with van der Waals surface area (Å²) in [5.74, 6) is 6.24. The van der Waals surface area contributed by atoms with E-state index in [-0.39, 0.29) is 11.8 Å². The largest absolute Gasteiger partial charge is 0.354 e. The van der Waals surface area contributed by atoms with E-state index in [1.807, 2.05) is 19.0 Å². The van der Waals surface area contributed by atoms with Gasteiger partial charge in [-0.25, -0.2) is 4.98 Å². The van der Waals surface area contributed by atoms with Crippen molar-refractivity contribution in [2.24, 2.45) is 5.10 Å². The summed E-state index contributed by atoms with van der Waals surface area (Å²) in [5, 5.41) is 25.9. The third-order valence-electron chi connectivity index (χ3n) is 5.42. The molecule has 0 bridgehead atoms. The van der Waals surface area contributed by atoms with E-state index in [9.17, 15) is 9.59 Å². The summed E-state index contributed by atoms with van der Waals surface area (Å²) in [6.45, 7) is 2.73. The molecule has 40 heavy (non-hydrogen) atoms. The molecule has 0 aliphatic rings. The molecular weight excluding hydrogens is 508 g/mol. The minimum atomic E-state index is -0.605. The number of carbonyl (C=O) groups is 2. The molecule has 1 heterocycles. The van der Waals surface area contributed by atoms with Crippen molar-refractivity contribution in [2.75, 3.05) is 45.0 Å². The highest BCUT2D eigenvalue weighted by Crippen LogP contribution is 2.17. The Labute approximate surface area is 234 Å². The number of nitriles is 1. The first-order chi connectivity index (χ1) is 19.2. The van der Waals surface area contributed by atoms with Gasteiger partial charge in [-0.15, -0.1) is 0 Å². The van der Waals surface area contributed by atoms with Crippen LogP contribution in [0.15, 0.2) is 47.7 Å². The third-order valence-corrected chi connectivity index (χ3v) is 5.42. The van der Waals surface area contributed by atoms with E-state index in [4.69, 9.17) is 10.7 Å². The van der Waals surface area contributed by atoms with Crippen molar-refractivity contribution in [3.8, 4) is 17.9 Å². The van der Waals surface area contributed by atoms with Crippen LogP contribution in [-0.4, -0.2) is 84.3 Å². The van der Waals surface area contributed by atoms with Gasteiger partial charge < -0.3 is 25.8 Å². The lowest BCUT2D eigenvalue weighted by atomic mass is 10.2. The summed E-state index contributed by atoms with van der Waals surface area (Å²) in [6, 6.07) is 8.32. The second kappa shape index (κ2) is 16.7. The average molecular weight is 543 g/mol. The number of hydrogen-bond acceptors (Lipinski definition) is 10. The fraction of sp³-hybridized carbons (Fsp3) is 0.321. The van der Waals surface area contributed by atoms with Gasteiger partial charge in [0.15, 0.2) is 5.82 Å². The van der Waals surface area contributed by atoms with Crippen LogP contribution >= 0.6 is 0 Å². The Morgan fingerprint density at radius 2 is 1.98 bits per heavy atom. The van der Waals surface area contributed by atoms with E-state index in [0.717, 1.165) is 6.21 Å². The van der Waals surface area contributed by atoms with Crippen LogP contribution in [-0.2, 0) is 9.59 Å². The van der Waals surface area contributed by atoms with Crippen LogP contribution in [0.4, 0.5) is 17.5 Å². The molecule has 2 amide bonds. The van der Waals surface area contributed by atoms with Gasteiger partial charge in [-0.3, -0.25) is 15.0 Å². The smallest absolute Gasteiger partial charge is 0.246 e. The zero-order valence-electron chi connectivity index (χ0n) is 23.1. The van der Waals surface area contributed by atoms with Gasteiger partial charge in [0, 0.05) is 44.5 Å². The average Bonchev–Trinajstić information content (AvgIpc) is 2.95. The summed E-state index contributed by atoms with van der Waals surface area (Å²) in [7, 11) is 5.42. The number of benzene rings is 1. The van der Waals surface area contributed by atoms with Gasteiger partial charge in [0.2, 0.25) is 17.8 Å². The maximum absolute atomic E-state index is 12.4. The van der Waals surface area contributed by atoms with Gasteiger partial charge in [0.1, 0.15) is 6.04 Å². The molecule has 2 rings (SSSR count). The van der Waals surface area contributed by atoms with E-state index in [2.05, 4.69) is 49.0 Å². The molecule has 0 spiro atoms. The van der Waals surface area contributed by atoms with Crippen LogP contribution in [0.3, 0.4) is 0 Å². The van der Waals surface area contributed by atoms with E-state index in [1.165, 1.54) is 17.2 Å². The predicted octanol–water partition coefficient (Wildman–Crippen LogP) is 2.35. The Bertz CT molecular complexity index is 1320. The number of rotatable bonds is 13. The lowest BCUT2D eigenvalue weighted by Gasteiger charge is -2.23. The number of hydrogen-bond donors (Lipinski definition) is 4. The first kappa shape index (κ1) is 31.1. The van der Waals surface area contributed by atoms with Gasteiger partial charge in [-0.05, 0) is 51.7 Å². The highest BCUT2D eigenvalue weighted by molar-refractivity contribution is 6.14. The zero-order chi connectivity index (χ0) is 29.3. The first-order valence-corrected chi connectivity index (χ1v) is 12.5. The van der Waals surface area contributed by atoms with E-state index >= 15 is 0 Å². The van der Waals surface area contributed by atoms with Crippen molar-refractivity contribution in [1.29, 1.82) is 10.7 Å². The third kappa shape index (κ3) is 10.7. The highest BCUT2D eigenvalue weighted by Gasteiger charge is 2.20. The van der Waals surface area contributed by atoms with Crippen molar-refractivity contribution in [3.63, 3.8) is 0 Å². The summed E-state index contributed by atoms with van der Waals surface area (Å²) < 4.78 is 0. The number of nitrogens with one attached hydrogen (secondary N) is 4. The van der Waals surface area contributed by atoms with Gasteiger partial charge in [-0.1, -0.05) is 17.9 Å². The Morgan fingerprint density at radius 3 is 2.65 bits per heavy atom. The molecule has 0 aliphatic heterocycles. The number of nitrogens with zero attached hydrogens (tertiary/aromatic N) is 6.